The predicted octanol–water partition coefficient (Wildman–Crippen LogP) is 2.99. The van der Waals surface area contributed by atoms with E-state index in [1.807, 2.05) is 0 Å². The number of para-hydroxylation sites is 1. The summed E-state index contributed by atoms with van der Waals surface area (Å²) in [6.45, 7) is 3.32. The maximum absolute atomic E-state index is 11.7. The monoisotopic (exact) mass is 356 g/mol. The van der Waals surface area contributed by atoms with Crippen LogP contribution in [0.3, 0.4) is 0 Å². The van der Waals surface area contributed by atoms with E-state index in [0.717, 1.165) is 0 Å². The fourth-order valence-electron chi connectivity index (χ4n) is 1.79. The molecule has 0 aliphatic carbocycles. The van der Waals surface area contributed by atoms with E-state index in [2.05, 4.69) is 26.6 Å². The Hall–Kier alpha value is -1.89. The van der Waals surface area contributed by atoms with Crippen LogP contribution in [0, 0.1) is 5.41 Å². The number of halogens is 1. The van der Waals surface area contributed by atoms with Crippen LogP contribution in [-0.2, 0) is 9.59 Å². The van der Waals surface area contributed by atoms with Crippen molar-refractivity contribution in [2.24, 2.45) is 5.41 Å². The Morgan fingerprint density at radius 3 is 2.38 bits per heavy atom. The molecule has 0 spiro atoms. The Kier molecular flexibility index (Phi) is 5.90. The number of hydrogen-bond acceptors (Lipinski definition) is 3. The van der Waals surface area contributed by atoms with E-state index < -0.39 is 23.3 Å². The van der Waals surface area contributed by atoms with E-state index in [1.54, 1.807) is 38.1 Å². The van der Waals surface area contributed by atoms with Gasteiger partial charge >= 0.3 is 12.0 Å². The normalized spacial score (nSPS) is 10.8. The average Bonchev–Trinajstić information content (AvgIpc) is 2.28. The Bertz CT molecular complexity index is 558. The average molecular weight is 357 g/mol. The minimum atomic E-state index is -0.981. The zero-order valence-corrected chi connectivity index (χ0v) is 13.4. The molecule has 1 rings (SSSR count). The topological polar surface area (TPSA) is 95.5 Å². The van der Waals surface area contributed by atoms with Gasteiger partial charge in [0, 0.05) is 10.9 Å². The van der Waals surface area contributed by atoms with Crippen LogP contribution < -0.4 is 10.6 Å². The molecule has 3 N–H and O–H groups in total. The van der Waals surface area contributed by atoms with Crippen molar-refractivity contribution >= 4 is 39.5 Å². The second kappa shape index (κ2) is 7.21. The molecule has 0 aromatic heterocycles. The van der Waals surface area contributed by atoms with E-state index in [0.29, 0.717) is 10.2 Å². The lowest BCUT2D eigenvalue weighted by atomic mass is 9.85. The van der Waals surface area contributed by atoms with E-state index in [9.17, 15) is 14.4 Å². The quantitative estimate of drug-likeness (QED) is 0.755. The van der Waals surface area contributed by atoms with Crippen molar-refractivity contribution < 1.29 is 19.5 Å². The second-order valence-corrected chi connectivity index (χ2v) is 6.25. The highest BCUT2D eigenvalue weighted by molar-refractivity contribution is 9.10. The fourth-order valence-corrected chi connectivity index (χ4v) is 2.18. The highest BCUT2D eigenvalue weighted by Gasteiger charge is 2.26. The number of urea groups is 1. The van der Waals surface area contributed by atoms with Crippen molar-refractivity contribution in [3.63, 3.8) is 0 Å². The fraction of sp³-hybridized carbons (Fsp3) is 0.357. The van der Waals surface area contributed by atoms with Gasteiger partial charge in [0.25, 0.3) is 0 Å². The molecule has 0 saturated carbocycles. The number of carbonyl (C=O) groups is 3. The lowest BCUT2D eigenvalue weighted by molar-refractivity contribution is -0.139. The Balaban J connectivity index is 2.53. The largest absolute Gasteiger partial charge is 0.481 e. The van der Waals surface area contributed by atoms with Crippen molar-refractivity contribution in [2.45, 2.75) is 26.7 Å². The molecule has 0 aliphatic rings. The summed E-state index contributed by atoms with van der Waals surface area (Å²) < 4.78 is 0.693. The molecule has 1 aromatic rings. The number of benzene rings is 1. The third-order valence-corrected chi connectivity index (χ3v) is 3.34. The van der Waals surface area contributed by atoms with E-state index in [1.165, 1.54) is 0 Å². The maximum Gasteiger partial charge on any atom is 0.325 e. The number of carboxylic acids is 1. The highest BCUT2D eigenvalue weighted by atomic mass is 79.9. The number of carboxylic acid groups (broad SMARTS) is 1. The third-order valence-electron chi connectivity index (χ3n) is 2.64. The van der Waals surface area contributed by atoms with Crippen LogP contribution in [0.1, 0.15) is 26.7 Å². The first-order valence-corrected chi connectivity index (χ1v) is 7.06. The molecule has 114 valence electrons. The molecule has 0 aliphatic heterocycles. The smallest absolute Gasteiger partial charge is 0.325 e. The summed E-state index contributed by atoms with van der Waals surface area (Å²) >= 11 is 3.27. The summed E-state index contributed by atoms with van der Waals surface area (Å²) in [6, 6.07) is 6.33. The van der Waals surface area contributed by atoms with Gasteiger partial charge in [-0.05, 0) is 33.5 Å². The van der Waals surface area contributed by atoms with Crippen molar-refractivity contribution in [1.29, 1.82) is 0 Å². The number of anilines is 1. The molecule has 3 amide bonds. The summed E-state index contributed by atoms with van der Waals surface area (Å²) in [5, 5.41) is 13.5. The minimum absolute atomic E-state index is 0.0529. The van der Waals surface area contributed by atoms with Crippen molar-refractivity contribution in [3.8, 4) is 0 Å². The molecule has 0 radical (unpaired) electrons. The summed E-state index contributed by atoms with van der Waals surface area (Å²) in [5.41, 5.74) is -0.184. The SMILES string of the molecule is CC(C)(CC(=O)O)CC(=O)NC(=O)Nc1ccccc1Br. The Labute approximate surface area is 131 Å². The first kappa shape index (κ1) is 17.2. The first-order valence-electron chi connectivity index (χ1n) is 6.27. The van der Waals surface area contributed by atoms with E-state index in [-0.39, 0.29) is 12.8 Å². The number of rotatable bonds is 5. The Morgan fingerprint density at radius 1 is 1.19 bits per heavy atom. The van der Waals surface area contributed by atoms with Crippen LogP contribution in [0.2, 0.25) is 0 Å². The summed E-state index contributed by atoms with van der Waals surface area (Å²) in [7, 11) is 0. The van der Waals surface area contributed by atoms with Crippen molar-refractivity contribution in [2.75, 3.05) is 5.32 Å². The molecule has 0 atom stereocenters. The standard InChI is InChI=1S/C14H17BrN2O4/c1-14(2,8-12(19)20)7-11(18)17-13(21)16-10-6-4-3-5-9(10)15/h3-6H,7-8H2,1-2H3,(H,19,20)(H2,16,17,18,21). The zero-order chi connectivity index (χ0) is 16.0. The zero-order valence-electron chi connectivity index (χ0n) is 11.8. The molecule has 7 heteroatoms. The van der Waals surface area contributed by atoms with Gasteiger partial charge in [-0.1, -0.05) is 26.0 Å². The van der Waals surface area contributed by atoms with Gasteiger partial charge in [0.2, 0.25) is 5.91 Å². The van der Waals surface area contributed by atoms with E-state index >= 15 is 0 Å². The Morgan fingerprint density at radius 2 is 1.81 bits per heavy atom. The summed E-state index contributed by atoms with van der Waals surface area (Å²) in [5.74, 6) is -1.50. The molecule has 0 bridgehead atoms. The van der Waals surface area contributed by atoms with E-state index in [4.69, 9.17) is 5.11 Å². The molecule has 0 fully saturated rings. The number of imide groups is 1. The van der Waals surface area contributed by atoms with Crippen LogP contribution >= 0.6 is 15.9 Å². The molecule has 0 unspecified atom stereocenters. The lowest BCUT2D eigenvalue weighted by Gasteiger charge is -2.21. The van der Waals surface area contributed by atoms with Gasteiger partial charge in [0.1, 0.15) is 0 Å². The number of amides is 3. The van der Waals surface area contributed by atoms with Crippen molar-refractivity contribution in [3.05, 3.63) is 28.7 Å². The third kappa shape index (κ3) is 6.40. The first-order chi connectivity index (χ1) is 9.69. The second-order valence-electron chi connectivity index (χ2n) is 5.39. The van der Waals surface area contributed by atoms with Crippen LogP contribution in [0.4, 0.5) is 10.5 Å². The molecule has 0 saturated heterocycles. The number of hydrogen-bond donors (Lipinski definition) is 3. The predicted molar refractivity (Wildman–Crippen MR) is 82.0 cm³/mol. The van der Waals surface area contributed by atoms with Crippen LogP contribution in [-0.4, -0.2) is 23.0 Å². The lowest BCUT2D eigenvalue weighted by Crippen LogP contribution is -2.37. The van der Waals surface area contributed by atoms with Gasteiger partial charge in [-0.3, -0.25) is 14.9 Å². The van der Waals surface area contributed by atoms with Gasteiger partial charge in [-0.2, -0.15) is 0 Å². The van der Waals surface area contributed by atoms with Gasteiger partial charge < -0.3 is 10.4 Å². The van der Waals surface area contributed by atoms with Gasteiger partial charge in [-0.25, -0.2) is 4.79 Å². The molecule has 1 aromatic carbocycles. The van der Waals surface area contributed by atoms with Gasteiger partial charge in [-0.15, -0.1) is 0 Å². The summed E-state index contributed by atoms with van der Waals surface area (Å²) in [4.78, 5) is 34.1. The van der Waals surface area contributed by atoms with Crippen LogP contribution in [0.15, 0.2) is 28.7 Å². The summed E-state index contributed by atoms with van der Waals surface area (Å²) in [6.07, 6.45) is -0.199. The molecular weight excluding hydrogens is 340 g/mol. The minimum Gasteiger partial charge on any atom is -0.481 e. The van der Waals surface area contributed by atoms with Gasteiger partial charge in [0.15, 0.2) is 0 Å². The van der Waals surface area contributed by atoms with Crippen molar-refractivity contribution in [1.82, 2.24) is 5.32 Å². The number of nitrogens with one attached hydrogen (secondary N) is 2. The maximum atomic E-state index is 11.7. The molecular formula is C14H17BrN2O4. The number of carbonyl (C=O) groups excluding carboxylic acids is 2. The van der Waals surface area contributed by atoms with Gasteiger partial charge in [0.05, 0.1) is 12.1 Å². The highest BCUT2D eigenvalue weighted by Crippen LogP contribution is 2.25. The van der Waals surface area contributed by atoms with Crippen LogP contribution in [0.25, 0.3) is 0 Å². The molecule has 6 nitrogen and oxygen atoms in total. The van der Waals surface area contributed by atoms with Crippen LogP contribution in [0.5, 0.6) is 0 Å². The number of aliphatic carboxylic acids is 1. The molecule has 0 heterocycles. The molecule has 21 heavy (non-hydrogen) atoms.